The van der Waals surface area contributed by atoms with Crippen molar-refractivity contribution in [3.8, 4) is 22.8 Å². The molecule has 0 saturated heterocycles. The number of methoxy groups -OCH3 is 2. The van der Waals surface area contributed by atoms with Gasteiger partial charge in [0.05, 0.1) is 31.2 Å². The molecule has 1 N–H and O–H groups in total. The van der Waals surface area contributed by atoms with Crippen LogP contribution in [-0.2, 0) is 0 Å². The van der Waals surface area contributed by atoms with Crippen molar-refractivity contribution in [1.82, 2.24) is 19.3 Å². The second-order valence-corrected chi connectivity index (χ2v) is 7.06. The summed E-state index contributed by atoms with van der Waals surface area (Å²) in [5, 5.41) is 3.31. The third-order valence-corrected chi connectivity index (χ3v) is 4.88. The van der Waals surface area contributed by atoms with Crippen LogP contribution in [0.4, 0.5) is 11.6 Å². The number of halogens is 1. The zero-order valence-corrected chi connectivity index (χ0v) is 19.0. The van der Waals surface area contributed by atoms with Gasteiger partial charge in [0.1, 0.15) is 5.65 Å². The molecule has 8 nitrogen and oxygen atoms in total. The molecule has 0 atom stereocenters. The van der Waals surface area contributed by atoms with E-state index in [1.165, 1.54) is 0 Å². The van der Waals surface area contributed by atoms with Gasteiger partial charge in [0.2, 0.25) is 5.95 Å². The van der Waals surface area contributed by atoms with Crippen LogP contribution in [0.3, 0.4) is 0 Å². The predicted molar refractivity (Wildman–Crippen MR) is 127 cm³/mol. The summed E-state index contributed by atoms with van der Waals surface area (Å²) in [6.45, 7) is 0. The van der Waals surface area contributed by atoms with Gasteiger partial charge < -0.3 is 19.7 Å². The van der Waals surface area contributed by atoms with Gasteiger partial charge in [0.15, 0.2) is 11.5 Å². The topological polar surface area (TPSA) is 81.0 Å². The Morgan fingerprint density at radius 2 is 1.78 bits per heavy atom. The number of ether oxygens (including phenoxy) is 2. The number of benzene rings is 2. The van der Waals surface area contributed by atoms with Crippen molar-refractivity contribution in [2.75, 3.05) is 33.6 Å². The fourth-order valence-electron chi connectivity index (χ4n) is 3.29. The molecule has 2 heterocycles. The standard InChI is InChI=1S/C23H23N5O3.ClH/c1-27(2)22(29)16-7-5-6-8-17(16)25-23-26-18(14-21-24-11-12-28(21)23)15-9-10-19(30-3)20(13-15)31-4;/h5-14H,1-4H3,(H,25,26);1H. The number of nitrogens with zero attached hydrogens (tertiary/aromatic N) is 4. The van der Waals surface area contributed by atoms with Gasteiger partial charge in [-0.25, -0.2) is 9.97 Å². The number of para-hydroxylation sites is 1. The molecule has 1 amide bonds. The number of nitrogens with one attached hydrogen (secondary N) is 1. The summed E-state index contributed by atoms with van der Waals surface area (Å²) in [6, 6.07) is 14.9. The Kier molecular flexibility index (Phi) is 6.85. The van der Waals surface area contributed by atoms with Crippen molar-refractivity contribution < 1.29 is 14.3 Å². The summed E-state index contributed by atoms with van der Waals surface area (Å²) in [7, 11) is 6.64. The number of hydrogen-bond acceptors (Lipinski definition) is 6. The first-order valence-corrected chi connectivity index (χ1v) is 9.66. The second kappa shape index (κ2) is 9.57. The van der Waals surface area contributed by atoms with Crippen molar-refractivity contribution in [2.24, 2.45) is 0 Å². The number of amides is 1. The lowest BCUT2D eigenvalue weighted by atomic mass is 10.1. The van der Waals surface area contributed by atoms with Crippen LogP contribution in [0.25, 0.3) is 16.9 Å². The highest BCUT2D eigenvalue weighted by Gasteiger charge is 2.16. The minimum Gasteiger partial charge on any atom is -0.493 e. The molecule has 0 fully saturated rings. The molecule has 0 radical (unpaired) electrons. The molecular weight excluding hydrogens is 430 g/mol. The Labute approximate surface area is 192 Å². The third kappa shape index (κ3) is 4.31. The van der Waals surface area contributed by atoms with E-state index in [-0.39, 0.29) is 18.3 Å². The molecule has 0 bridgehead atoms. The van der Waals surface area contributed by atoms with Crippen LogP contribution in [0.1, 0.15) is 10.4 Å². The van der Waals surface area contributed by atoms with Gasteiger partial charge in [-0.15, -0.1) is 12.4 Å². The first kappa shape index (κ1) is 22.9. The summed E-state index contributed by atoms with van der Waals surface area (Å²) in [5.74, 6) is 1.70. The Morgan fingerprint density at radius 3 is 2.50 bits per heavy atom. The van der Waals surface area contributed by atoms with E-state index in [2.05, 4.69) is 10.3 Å². The molecule has 166 valence electrons. The number of carbonyl (C=O) groups is 1. The molecule has 4 rings (SSSR count). The predicted octanol–water partition coefficient (Wildman–Crippen LogP) is 4.28. The van der Waals surface area contributed by atoms with Gasteiger partial charge in [0.25, 0.3) is 5.91 Å². The Hall–Kier alpha value is -3.78. The fraction of sp³-hybridized carbons (Fsp3) is 0.174. The molecule has 9 heteroatoms. The quantitative estimate of drug-likeness (QED) is 0.469. The molecule has 0 spiro atoms. The molecule has 0 aliphatic heterocycles. The van der Waals surface area contributed by atoms with E-state index in [0.29, 0.717) is 34.4 Å². The van der Waals surface area contributed by atoms with Crippen LogP contribution in [0.15, 0.2) is 60.9 Å². The highest BCUT2D eigenvalue weighted by Crippen LogP contribution is 2.33. The lowest BCUT2D eigenvalue weighted by Gasteiger charge is -2.16. The molecular formula is C23H24ClN5O3. The zero-order chi connectivity index (χ0) is 22.0. The molecule has 2 aromatic heterocycles. The van der Waals surface area contributed by atoms with Crippen molar-refractivity contribution >= 4 is 35.6 Å². The van der Waals surface area contributed by atoms with Gasteiger partial charge in [0, 0.05) is 38.1 Å². The van der Waals surface area contributed by atoms with Crippen LogP contribution < -0.4 is 14.8 Å². The SMILES string of the molecule is COc1ccc(-c2cc3nccn3c(Nc3ccccc3C(=O)N(C)C)n2)cc1OC.Cl. The lowest BCUT2D eigenvalue weighted by molar-refractivity contribution is 0.0828. The van der Waals surface area contributed by atoms with E-state index in [1.807, 2.05) is 53.1 Å². The summed E-state index contributed by atoms with van der Waals surface area (Å²) in [6.07, 6.45) is 3.52. The first-order valence-electron chi connectivity index (χ1n) is 9.66. The van der Waals surface area contributed by atoms with E-state index in [1.54, 1.807) is 45.5 Å². The van der Waals surface area contributed by atoms with Crippen molar-refractivity contribution in [3.63, 3.8) is 0 Å². The van der Waals surface area contributed by atoms with E-state index in [4.69, 9.17) is 14.5 Å². The number of anilines is 2. The molecule has 0 unspecified atom stereocenters. The Bertz CT molecular complexity index is 1260. The lowest BCUT2D eigenvalue weighted by Crippen LogP contribution is -2.22. The van der Waals surface area contributed by atoms with Crippen molar-refractivity contribution in [2.45, 2.75) is 0 Å². The summed E-state index contributed by atoms with van der Waals surface area (Å²) in [5.41, 5.74) is 3.49. The molecule has 0 saturated carbocycles. The smallest absolute Gasteiger partial charge is 0.255 e. The monoisotopic (exact) mass is 453 g/mol. The van der Waals surface area contributed by atoms with Gasteiger partial charge in [-0.2, -0.15) is 0 Å². The average Bonchev–Trinajstić information content (AvgIpc) is 3.27. The van der Waals surface area contributed by atoms with E-state index >= 15 is 0 Å². The maximum absolute atomic E-state index is 12.6. The highest BCUT2D eigenvalue weighted by atomic mass is 35.5. The summed E-state index contributed by atoms with van der Waals surface area (Å²) in [4.78, 5) is 23.4. The van der Waals surface area contributed by atoms with Crippen LogP contribution >= 0.6 is 12.4 Å². The minimum absolute atomic E-state index is 0. The van der Waals surface area contributed by atoms with Crippen molar-refractivity contribution in [1.29, 1.82) is 0 Å². The first-order chi connectivity index (χ1) is 15.0. The highest BCUT2D eigenvalue weighted by molar-refractivity contribution is 5.99. The number of carbonyl (C=O) groups excluding carboxylic acids is 1. The van der Waals surface area contributed by atoms with E-state index in [0.717, 1.165) is 11.2 Å². The number of rotatable bonds is 6. The van der Waals surface area contributed by atoms with Gasteiger partial charge in [-0.3, -0.25) is 9.20 Å². The normalized spacial score (nSPS) is 10.4. The molecule has 0 aliphatic rings. The molecule has 32 heavy (non-hydrogen) atoms. The van der Waals surface area contributed by atoms with Crippen LogP contribution in [0.2, 0.25) is 0 Å². The maximum atomic E-state index is 12.6. The van der Waals surface area contributed by atoms with E-state index in [9.17, 15) is 4.79 Å². The number of fused-ring (bicyclic) bond motifs is 1. The minimum atomic E-state index is -0.0963. The van der Waals surface area contributed by atoms with Gasteiger partial charge in [-0.1, -0.05) is 12.1 Å². The number of aromatic nitrogens is 3. The zero-order valence-electron chi connectivity index (χ0n) is 18.2. The average molecular weight is 454 g/mol. The van der Waals surface area contributed by atoms with Crippen LogP contribution in [0, 0.1) is 0 Å². The molecule has 2 aromatic carbocycles. The molecule has 0 aliphatic carbocycles. The Balaban J connectivity index is 0.00000289. The van der Waals surface area contributed by atoms with E-state index < -0.39 is 0 Å². The van der Waals surface area contributed by atoms with Crippen LogP contribution in [-0.4, -0.2) is 53.5 Å². The van der Waals surface area contributed by atoms with Crippen molar-refractivity contribution in [3.05, 3.63) is 66.5 Å². The number of hydrogen-bond donors (Lipinski definition) is 1. The third-order valence-electron chi connectivity index (χ3n) is 4.88. The van der Waals surface area contributed by atoms with Gasteiger partial charge in [-0.05, 0) is 30.3 Å². The van der Waals surface area contributed by atoms with Crippen LogP contribution in [0.5, 0.6) is 11.5 Å². The number of imidazole rings is 1. The Morgan fingerprint density at radius 1 is 1.03 bits per heavy atom. The maximum Gasteiger partial charge on any atom is 0.255 e. The largest absolute Gasteiger partial charge is 0.493 e. The van der Waals surface area contributed by atoms with Gasteiger partial charge >= 0.3 is 0 Å². The second-order valence-electron chi connectivity index (χ2n) is 7.06. The summed E-state index contributed by atoms with van der Waals surface area (Å²) >= 11 is 0. The molecule has 4 aromatic rings. The fourth-order valence-corrected chi connectivity index (χ4v) is 3.29. The summed E-state index contributed by atoms with van der Waals surface area (Å²) < 4.78 is 12.6.